The van der Waals surface area contributed by atoms with Crippen LogP contribution < -0.4 is 5.32 Å². The summed E-state index contributed by atoms with van der Waals surface area (Å²) >= 11 is 0. The maximum Gasteiger partial charge on any atom is 0.329 e. The number of carbonyl (C=O) groups excluding carboxylic acids is 1. The van der Waals surface area contributed by atoms with Crippen LogP contribution in [-0.4, -0.2) is 34.1 Å². The number of benzene rings is 1. The number of urea groups is 1. The lowest BCUT2D eigenvalue weighted by Gasteiger charge is -2.33. The molecule has 1 aromatic carbocycles. The summed E-state index contributed by atoms with van der Waals surface area (Å²) in [4.78, 5) is 25.2. The van der Waals surface area contributed by atoms with E-state index in [1.54, 1.807) is 26.0 Å². The molecule has 2 rings (SSSR count). The van der Waals surface area contributed by atoms with Gasteiger partial charge in [-0.05, 0) is 43.9 Å². The summed E-state index contributed by atoms with van der Waals surface area (Å²) in [6, 6.07) is 3.90. The lowest BCUT2D eigenvalue weighted by molar-refractivity contribution is -0.148. The number of hydrogen-bond acceptors (Lipinski definition) is 2. The van der Waals surface area contributed by atoms with E-state index in [2.05, 4.69) is 5.32 Å². The van der Waals surface area contributed by atoms with Crippen molar-refractivity contribution in [2.24, 2.45) is 0 Å². The minimum atomic E-state index is -1.16. The number of aliphatic carboxylic acids is 1. The number of anilines is 1. The standard InChI is InChI=1S/C15H19FN2O3/c1-3-15(13(19)20)7-4-8-18(15)14(21)17-11-6-5-10(2)12(16)9-11/h5-6,9H,3-4,7-8H2,1-2H3,(H,17,21)(H,19,20). The first-order valence-corrected chi connectivity index (χ1v) is 6.99. The van der Waals surface area contributed by atoms with E-state index in [4.69, 9.17) is 0 Å². The first-order chi connectivity index (χ1) is 9.90. The van der Waals surface area contributed by atoms with Gasteiger partial charge in [0.2, 0.25) is 0 Å². The molecular weight excluding hydrogens is 275 g/mol. The number of nitrogens with one attached hydrogen (secondary N) is 1. The molecule has 1 aliphatic heterocycles. The maximum absolute atomic E-state index is 13.5. The molecule has 1 aliphatic rings. The number of halogens is 1. The Morgan fingerprint density at radius 1 is 1.48 bits per heavy atom. The molecule has 0 aromatic heterocycles. The summed E-state index contributed by atoms with van der Waals surface area (Å²) in [7, 11) is 0. The van der Waals surface area contributed by atoms with Crippen molar-refractivity contribution in [2.45, 2.75) is 38.6 Å². The van der Waals surface area contributed by atoms with Gasteiger partial charge < -0.3 is 15.3 Å². The van der Waals surface area contributed by atoms with Crippen molar-refractivity contribution in [2.75, 3.05) is 11.9 Å². The average Bonchev–Trinajstić information content (AvgIpc) is 2.88. The summed E-state index contributed by atoms with van der Waals surface area (Å²) in [5, 5.41) is 12.0. The van der Waals surface area contributed by atoms with Crippen molar-refractivity contribution >= 4 is 17.7 Å². The van der Waals surface area contributed by atoms with Crippen molar-refractivity contribution in [1.82, 2.24) is 4.90 Å². The van der Waals surface area contributed by atoms with Crippen molar-refractivity contribution in [1.29, 1.82) is 0 Å². The third-order valence-corrected chi connectivity index (χ3v) is 4.14. The van der Waals surface area contributed by atoms with Crippen molar-refractivity contribution in [3.05, 3.63) is 29.6 Å². The van der Waals surface area contributed by atoms with Crippen LogP contribution in [-0.2, 0) is 4.79 Å². The number of aryl methyl sites for hydroxylation is 1. The van der Waals surface area contributed by atoms with Crippen molar-refractivity contribution in [3.63, 3.8) is 0 Å². The van der Waals surface area contributed by atoms with Gasteiger partial charge in [-0.25, -0.2) is 14.0 Å². The van der Waals surface area contributed by atoms with E-state index in [1.807, 2.05) is 0 Å². The average molecular weight is 294 g/mol. The summed E-state index contributed by atoms with van der Waals surface area (Å²) in [5.41, 5.74) is -0.346. The van der Waals surface area contributed by atoms with E-state index >= 15 is 0 Å². The van der Waals surface area contributed by atoms with Crippen LogP contribution in [0.2, 0.25) is 0 Å². The van der Waals surface area contributed by atoms with Gasteiger partial charge in [0.05, 0.1) is 0 Å². The Morgan fingerprint density at radius 2 is 2.19 bits per heavy atom. The molecule has 1 atom stereocenters. The molecule has 0 radical (unpaired) electrons. The summed E-state index contributed by atoms with van der Waals surface area (Å²) < 4.78 is 13.5. The van der Waals surface area contributed by atoms with Gasteiger partial charge in [-0.15, -0.1) is 0 Å². The number of carbonyl (C=O) groups is 2. The molecule has 1 heterocycles. The molecule has 0 aliphatic carbocycles. The fourth-order valence-electron chi connectivity index (χ4n) is 2.78. The van der Waals surface area contributed by atoms with Gasteiger partial charge in [0, 0.05) is 12.2 Å². The normalized spacial score (nSPS) is 21.4. The van der Waals surface area contributed by atoms with E-state index < -0.39 is 23.4 Å². The Balaban J connectivity index is 2.19. The Kier molecular flexibility index (Phi) is 4.16. The van der Waals surface area contributed by atoms with E-state index in [-0.39, 0.29) is 0 Å². The summed E-state index contributed by atoms with van der Waals surface area (Å²) in [5.74, 6) is -1.40. The summed E-state index contributed by atoms with van der Waals surface area (Å²) in [6.07, 6.45) is 1.43. The number of amides is 2. The van der Waals surface area contributed by atoms with Crippen LogP contribution in [0.15, 0.2) is 18.2 Å². The fraction of sp³-hybridized carbons (Fsp3) is 0.467. The monoisotopic (exact) mass is 294 g/mol. The zero-order chi connectivity index (χ0) is 15.6. The second-order valence-electron chi connectivity index (χ2n) is 5.34. The lowest BCUT2D eigenvalue weighted by Crippen LogP contribution is -2.54. The van der Waals surface area contributed by atoms with Crippen LogP contribution in [0.4, 0.5) is 14.9 Å². The third kappa shape index (κ3) is 2.70. The smallest absolute Gasteiger partial charge is 0.329 e. The SMILES string of the molecule is CCC1(C(=O)O)CCCN1C(=O)Nc1ccc(C)c(F)c1. The molecule has 1 unspecified atom stereocenters. The van der Waals surface area contributed by atoms with Crippen LogP contribution in [0.1, 0.15) is 31.7 Å². The van der Waals surface area contributed by atoms with E-state index in [0.717, 1.165) is 0 Å². The van der Waals surface area contributed by atoms with Gasteiger partial charge in [-0.3, -0.25) is 0 Å². The number of carboxylic acid groups (broad SMARTS) is 1. The van der Waals surface area contributed by atoms with Gasteiger partial charge in [0.25, 0.3) is 0 Å². The Hall–Kier alpha value is -2.11. The highest BCUT2D eigenvalue weighted by molar-refractivity contribution is 5.94. The van der Waals surface area contributed by atoms with Gasteiger partial charge >= 0.3 is 12.0 Å². The van der Waals surface area contributed by atoms with E-state index in [1.165, 1.54) is 11.0 Å². The number of nitrogens with zero attached hydrogens (tertiary/aromatic N) is 1. The fourth-order valence-corrected chi connectivity index (χ4v) is 2.78. The van der Waals surface area contributed by atoms with Crippen LogP contribution in [0.25, 0.3) is 0 Å². The number of carboxylic acids is 1. The highest BCUT2D eigenvalue weighted by Crippen LogP contribution is 2.33. The lowest BCUT2D eigenvalue weighted by atomic mass is 9.93. The van der Waals surface area contributed by atoms with E-state index in [0.29, 0.717) is 37.1 Å². The zero-order valence-electron chi connectivity index (χ0n) is 12.1. The molecule has 0 saturated carbocycles. The van der Waals surface area contributed by atoms with Gasteiger partial charge in [-0.2, -0.15) is 0 Å². The molecule has 2 N–H and O–H groups in total. The Bertz CT molecular complexity index is 576. The van der Waals surface area contributed by atoms with Gasteiger partial charge in [0.15, 0.2) is 0 Å². The molecule has 6 heteroatoms. The van der Waals surface area contributed by atoms with Crippen LogP contribution in [0.5, 0.6) is 0 Å². The maximum atomic E-state index is 13.5. The predicted molar refractivity (Wildman–Crippen MR) is 76.8 cm³/mol. The van der Waals surface area contributed by atoms with Crippen molar-refractivity contribution < 1.29 is 19.1 Å². The molecular formula is C15H19FN2O3. The Morgan fingerprint density at radius 3 is 2.76 bits per heavy atom. The van der Waals surface area contributed by atoms with Crippen LogP contribution in [0.3, 0.4) is 0 Å². The van der Waals surface area contributed by atoms with Crippen molar-refractivity contribution in [3.8, 4) is 0 Å². The van der Waals surface area contributed by atoms with E-state index in [9.17, 15) is 19.1 Å². The third-order valence-electron chi connectivity index (χ3n) is 4.14. The van der Waals surface area contributed by atoms with Gasteiger partial charge in [0.1, 0.15) is 11.4 Å². The predicted octanol–water partition coefficient (Wildman–Crippen LogP) is 3.00. The number of likely N-dealkylation sites (tertiary alicyclic amines) is 1. The zero-order valence-corrected chi connectivity index (χ0v) is 12.1. The second kappa shape index (κ2) is 5.71. The first-order valence-electron chi connectivity index (χ1n) is 6.99. The highest BCUT2D eigenvalue weighted by atomic mass is 19.1. The molecule has 0 spiro atoms. The highest BCUT2D eigenvalue weighted by Gasteiger charge is 2.48. The molecule has 1 fully saturated rings. The Labute approximate surface area is 122 Å². The minimum Gasteiger partial charge on any atom is -0.479 e. The number of rotatable bonds is 3. The van der Waals surface area contributed by atoms with Gasteiger partial charge in [-0.1, -0.05) is 13.0 Å². The quantitative estimate of drug-likeness (QED) is 0.900. The molecule has 21 heavy (non-hydrogen) atoms. The topological polar surface area (TPSA) is 69.6 Å². The molecule has 114 valence electrons. The second-order valence-corrected chi connectivity index (χ2v) is 5.34. The molecule has 1 aromatic rings. The minimum absolute atomic E-state index is 0.324. The molecule has 2 amide bonds. The van der Waals surface area contributed by atoms with Crippen LogP contribution in [0, 0.1) is 12.7 Å². The number of hydrogen-bond donors (Lipinski definition) is 2. The molecule has 5 nitrogen and oxygen atoms in total. The molecule has 1 saturated heterocycles. The van der Waals surface area contributed by atoms with Crippen LogP contribution >= 0.6 is 0 Å². The summed E-state index contributed by atoms with van der Waals surface area (Å²) in [6.45, 7) is 3.78. The molecule has 0 bridgehead atoms. The largest absolute Gasteiger partial charge is 0.479 e. The first kappa shape index (κ1) is 15.3.